The first-order valence-electron chi connectivity index (χ1n) is 8.59. The molecule has 3 nitrogen and oxygen atoms in total. The Morgan fingerprint density at radius 1 is 0.846 bits per heavy atom. The molecular weight excluding hydrogens is 348 g/mol. The van der Waals surface area contributed by atoms with Gasteiger partial charge in [0, 0.05) is 10.6 Å². The summed E-state index contributed by atoms with van der Waals surface area (Å²) in [6.07, 6.45) is -0.442. The second-order valence-electron chi connectivity index (χ2n) is 6.18. The van der Waals surface area contributed by atoms with E-state index in [1.54, 1.807) is 12.1 Å². The molecule has 4 rings (SSSR count). The molecule has 3 aromatic carbocycles. The first-order valence-corrected chi connectivity index (χ1v) is 8.96. The molecule has 1 saturated heterocycles. The molecule has 0 N–H and O–H groups in total. The molecule has 1 aliphatic heterocycles. The lowest BCUT2D eigenvalue weighted by Gasteiger charge is -2.13. The zero-order valence-electron chi connectivity index (χ0n) is 14.2. The van der Waals surface area contributed by atoms with Gasteiger partial charge in [-0.15, -0.1) is 0 Å². The fourth-order valence-corrected chi connectivity index (χ4v) is 3.02. The summed E-state index contributed by atoms with van der Waals surface area (Å²) in [5.41, 5.74) is 3.38. The van der Waals surface area contributed by atoms with Crippen molar-refractivity contribution in [2.75, 3.05) is 13.2 Å². The summed E-state index contributed by atoms with van der Waals surface area (Å²) in [6, 6.07) is 25.9. The molecule has 0 aromatic heterocycles. The van der Waals surface area contributed by atoms with E-state index in [4.69, 9.17) is 25.8 Å². The summed E-state index contributed by atoms with van der Waals surface area (Å²) in [6.45, 7) is 0.957. The van der Waals surface area contributed by atoms with Crippen LogP contribution in [0.4, 0.5) is 0 Å². The molecule has 2 atom stereocenters. The quantitative estimate of drug-likeness (QED) is 0.596. The third kappa shape index (κ3) is 4.07. The van der Waals surface area contributed by atoms with Gasteiger partial charge in [-0.2, -0.15) is 0 Å². The van der Waals surface area contributed by atoms with Crippen molar-refractivity contribution in [2.24, 2.45) is 0 Å². The Labute approximate surface area is 158 Å². The van der Waals surface area contributed by atoms with E-state index in [9.17, 15) is 0 Å². The maximum absolute atomic E-state index is 5.97. The predicted octanol–water partition coefficient (Wildman–Crippen LogP) is 5.50. The summed E-state index contributed by atoms with van der Waals surface area (Å²) >= 11 is 5.88. The minimum absolute atomic E-state index is 0.0931. The van der Waals surface area contributed by atoms with E-state index in [0.29, 0.717) is 18.2 Å². The van der Waals surface area contributed by atoms with Crippen molar-refractivity contribution in [3.05, 3.63) is 89.4 Å². The van der Waals surface area contributed by atoms with Gasteiger partial charge in [-0.25, -0.2) is 0 Å². The molecule has 1 aliphatic rings. The van der Waals surface area contributed by atoms with E-state index in [1.807, 2.05) is 30.3 Å². The molecule has 0 radical (unpaired) electrons. The minimum Gasteiger partial charge on any atom is -0.491 e. The van der Waals surface area contributed by atoms with Crippen LogP contribution in [0.15, 0.2) is 78.9 Å². The normalized spacial score (nSPS) is 19.4. The monoisotopic (exact) mass is 366 g/mol. The molecule has 0 amide bonds. The van der Waals surface area contributed by atoms with E-state index in [1.165, 1.54) is 11.1 Å². The average Bonchev–Trinajstić information content (AvgIpc) is 3.17. The van der Waals surface area contributed by atoms with Gasteiger partial charge >= 0.3 is 0 Å². The van der Waals surface area contributed by atoms with Crippen molar-refractivity contribution in [2.45, 2.75) is 12.4 Å². The Balaban J connectivity index is 1.34. The van der Waals surface area contributed by atoms with Crippen LogP contribution in [0.1, 0.15) is 11.9 Å². The molecule has 0 aliphatic carbocycles. The molecule has 4 heteroatoms. The molecule has 1 heterocycles. The van der Waals surface area contributed by atoms with Crippen molar-refractivity contribution >= 4 is 11.6 Å². The standard InChI is InChI=1S/C22H19ClO3/c23-19-10-12-20(13-11-19)24-14-21-15-25-22(26-21)18-8-6-17(7-9-18)16-4-2-1-3-5-16/h1-13,21-22H,14-15H2/t21-,22-/m0/s1. The third-order valence-electron chi connectivity index (χ3n) is 4.29. The lowest BCUT2D eigenvalue weighted by Crippen LogP contribution is -2.19. The van der Waals surface area contributed by atoms with Crippen molar-refractivity contribution < 1.29 is 14.2 Å². The highest BCUT2D eigenvalue weighted by Gasteiger charge is 2.27. The molecule has 26 heavy (non-hydrogen) atoms. The van der Waals surface area contributed by atoms with E-state index >= 15 is 0 Å². The Hall–Kier alpha value is -2.33. The van der Waals surface area contributed by atoms with Gasteiger partial charge in [0.2, 0.25) is 0 Å². The molecule has 0 spiro atoms. The number of benzene rings is 3. The van der Waals surface area contributed by atoms with Crippen molar-refractivity contribution in [1.29, 1.82) is 0 Å². The van der Waals surface area contributed by atoms with Crippen LogP contribution in [0, 0.1) is 0 Å². The first kappa shape index (κ1) is 17.1. The Morgan fingerprint density at radius 2 is 1.54 bits per heavy atom. The van der Waals surface area contributed by atoms with Gasteiger partial charge < -0.3 is 14.2 Å². The van der Waals surface area contributed by atoms with Gasteiger partial charge in [0.15, 0.2) is 6.29 Å². The molecular formula is C22H19ClO3. The smallest absolute Gasteiger partial charge is 0.184 e. The van der Waals surface area contributed by atoms with Crippen LogP contribution in [0.2, 0.25) is 5.02 Å². The summed E-state index contributed by atoms with van der Waals surface area (Å²) in [4.78, 5) is 0. The summed E-state index contributed by atoms with van der Waals surface area (Å²) in [5, 5.41) is 0.691. The summed E-state index contributed by atoms with van der Waals surface area (Å²) < 4.78 is 17.5. The topological polar surface area (TPSA) is 27.7 Å². The largest absolute Gasteiger partial charge is 0.491 e. The van der Waals surface area contributed by atoms with Crippen LogP contribution in [0.5, 0.6) is 5.75 Å². The van der Waals surface area contributed by atoms with Crippen LogP contribution < -0.4 is 4.74 Å². The Morgan fingerprint density at radius 3 is 2.27 bits per heavy atom. The fraction of sp³-hybridized carbons (Fsp3) is 0.182. The van der Waals surface area contributed by atoms with Gasteiger partial charge in [0.25, 0.3) is 0 Å². The van der Waals surface area contributed by atoms with Gasteiger partial charge in [0.05, 0.1) is 6.61 Å². The van der Waals surface area contributed by atoms with E-state index in [2.05, 4.69) is 36.4 Å². The number of ether oxygens (including phenoxy) is 3. The van der Waals surface area contributed by atoms with E-state index in [-0.39, 0.29) is 12.4 Å². The van der Waals surface area contributed by atoms with Crippen LogP contribution in [-0.4, -0.2) is 19.3 Å². The SMILES string of the molecule is Clc1ccc(OC[C@H]2CO[C@H](c3ccc(-c4ccccc4)cc3)O2)cc1. The molecule has 3 aromatic rings. The average molecular weight is 367 g/mol. The lowest BCUT2D eigenvalue weighted by molar-refractivity contribution is -0.0659. The van der Waals surface area contributed by atoms with Crippen LogP contribution in [0.3, 0.4) is 0 Å². The van der Waals surface area contributed by atoms with Crippen LogP contribution >= 0.6 is 11.6 Å². The van der Waals surface area contributed by atoms with Gasteiger partial charge in [-0.1, -0.05) is 66.2 Å². The second-order valence-corrected chi connectivity index (χ2v) is 6.61. The maximum atomic E-state index is 5.97. The molecule has 0 bridgehead atoms. The third-order valence-corrected chi connectivity index (χ3v) is 4.54. The van der Waals surface area contributed by atoms with Crippen molar-refractivity contribution in [1.82, 2.24) is 0 Å². The summed E-state index contributed by atoms with van der Waals surface area (Å²) in [7, 11) is 0. The zero-order chi connectivity index (χ0) is 17.8. The second kappa shape index (κ2) is 7.92. The van der Waals surface area contributed by atoms with Gasteiger partial charge in [0.1, 0.15) is 18.5 Å². The lowest BCUT2D eigenvalue weighted by atomic mass is 10.0. The van der Waals surface area contributed by atoms with Gasteiger partial charge in [-0.3, -0.25) is 0 Å². The molecule has 132 valence electrons. The van der Waals surface area contributed by atoms with Gasteiger partial charge in [-0.05, 0) is 35.4 Å². The molecule has 0 saturated carbocycles. The maximum Gasteiger partial charge on any atom is 0.184 e. The minimum atomic E-state index is -0.348. The predicted molar refractivity (Wildman–Crippen MR) is 102 cm³/mol. The highest BCUT2D eigenvalue weighted by molar-refractivity contribution is 6.30. The van der Waals surface area contributed by atoms with Crippen LogP contribution in [0.25, 0.3) is 11.1 Å². The highest BCUT2D eigenvalue weighted by atomic mass is 35.5. The first-order chi connectivity index (χ1) is 12.8. The highest BCUT2D eigenvalue weighted by Crippen LogP contribution is 2.29. The fourth-order valence-electron chi connectivity index (χ4n) is 2.89. The van der Waals surface area contributed by atoms with E-state index < -0.39 is 0 Å². The zero-order valence-corrected chi connectivity index (χ0v) is 14.9. The van der Waals surface area contributed by atoms with Crippen LogP contribution in [-0.2, 0) is 9.47 Å². The number of hydrogen-bond acceptors (Lipinski definition) is 3. The molecule has 0 unspecified atom stereocenters. The van der Waals surface area contributed by atoms with Crippen molar-refractivity contribution in [3.63, 3.8) is 0 Å². The Kier molecular flexibility index (Phi) is 5.21. The summed E-state index contributed by atoms with van der Waals surface area (Å²) in [5.74, 6) is 0.772. The number of rotatable bonds is 5. The van der Waals surface area contributed by atoms with Crippen molar-refractivity contribution in [3.8, 4) is 16.9 Å². The number of hydrogen-bond donors (Lipinski definition) is 0. The van der Waals surface area contributed by atoms with E-state index in [0.717, 1.165) is 11.3 Å². The molecule has 1 fully saturated rings. The Bertz CT molecular complexity index is 832. The number of halogens is 1.